The van der Waals surface area contributed by atoms with Crippen LogP contribution in [-0.2, 0) is 13.2 Å². The third kappa shape index (κ3) is 2.84. The number of ether oxygens (including phenoxy) is 1. The summed E-state index contributed by atoms with van der Waals surface area (Å²) in [5.41, 5.74) is 0.861. The van der Waals surface area contributed by atoms with E-state index in [4.69, 9.17) is 9.84 Å². The Morgan fingerprint density at radius 2 is 2.31 bits per heavy atom. The molecular weight excluding hydrogens is 204 g/mol. The smallest absolute Gasteiger partial charge is 0.119 e. The first-order chi connectivity index (χ1) is 7.88. The molecule has 4 heteroatoms. The molecule has 4 nitrogen and oxygen atoms in total. The molecule has 0 aliphatic heterocycles. The molecule has 0 radical (unpaired) electrons. The number of aliphatic hydroxyl groups excluding tert-OH is 1. The second-order valence-electron chi connectivity index (χ2n) is 3.45. The van der Waals surface area contributed by atoms with Crippen LogP contribution in [0.3, 0.4) is 0 Å². The van der Waals surface area contributed by atoms with Gasteiger partial charge in [-0.3, -0.25) is 0 Å². The van der Waals surface area contributed by atoms with Gasteiger partial charge in [-0.05, 0) is 17.7 Å². The molecule has 0 saturated heterocycles. The molecule has 0 unspecified atom stereocenters. The normalized spacial score (nSPS) is 10.3. The molecule has 0 amide bonds. The molecule has 0 bridgehead atoms. The maximum absolute atomic E-state index is 8.97. The van der Waals surface area contributed by atoms with Crippen LogP contribution in [0.4, 0.5) is 0 Å². The summed E-state index contributed by atoms with van der Waals surface area (Å²) in [5.74, 6) is 0.784. The van der Waals surface area contributed by atoms with E-state index in [0.717, 1.165) is 17.9 Å². The van der Waals surface area contributed by atoms with E-state index in [9.17, 15) is 0 Å². The van der Waals surface area contributed by atoms with Crippen LogP contribution in [0.25, 0.3) is 0 Å². The summed E-state index contributed by atoms with van der Waals surface area (Å²) in [5, 5.41) is 8.97. The second-order valence-corrected chi connectivity index (χ2v) is 3.45. The molecule has 0 aliphatic carbocycles. The fraction of sp³-hybridized carbons (Fsp3) is 0.250. The zero-order valence-electron chi connectivity index (χ0n) is 8.91. The van der Waals surface area contributed by atoms with E-state index in [-0.39, 0.29) is 6.61 Å². The van der Waals surface area contributed by atoms with E-state index in [0.29, 0.717) is 6.61 Å². The summed E-state index contributed by atoms with van der Waals surface area (Å²) in [6.45, 7) is 1.40. The van der Waals surface area contributed by atoms with E-state index in [1.807, 2.05) is 35.0 Å². The summed E-state index contributed by atoms with van der Waals surface area (Å²) in [6, 6.07) is 7.46. The number of hydrogen-bond donors (Lipinski definition) is 1. The van der Waals surface area contributed by atoms with Crippen molar-refractivity contribution in [3.8, 4) is 5.75 Å². The van der Waals surface area contributed by atoms with Crippen LogP contribution < -0.4 is 4.74 Å². The van der Waals surface area contributed by atoms with Crippen molar-refractivity contribution < 1.29 is 9.84 Å². The zero-order valence-corrected chi connectivity index (χ0v) is 8.91. The van der Waals surface area contributed by atoms with Crippen LogP contribution in [0.2, 0.25) is 0 Å². The third-order valence-corrected chi connectivity index (χ3v) is 2.26. The fourth-order valence-electron chi connectivity index (χ4n) is 1.42. The molecule has 0 spiro atoms. The lowest BCUT2D eigenvalue weighted by Crippen LogP contribution is -2.06. The largest absolute Gasteiger partial charge is 0.492 e. The first-order valence-electron chi connectivity index (χ1n) is 5.17. The molecular formula is C12H14N2O2. The van der Waals surface area contributed by atoms with E-state index in [1.54, 1.807) is 12.5 Å². The average molecular weight is 218 g/mol. The van der Waals surface area contributed by atoms with Gasteiger partial charge in [0.25, 0.3) is 0 Å². The van der Waals surface area contributed by atoms with Crippen molar-refractivity contribution in [1.82, 2.24) is 9.55 Å². The number of nitrogens with zero attached hydrogens (tertiary/aromatic N) is 2. The van der Waals surface area contributed by atoms with E-state index in [1.165, 1.54) is 0 Å². The predicted octanol–water partition coefficient (Wildman–Crippen LogP) is 1.45. The maximum Gasteiger partial charge on any atom is 0.119 e. The third-order valence-electron chi connectivity index (χ3n) is 2.26. The van der Waals surface area contributed by atoms with Crippen molar-refractivity contribution in [3.63, 3.8) is 0 Å². The Hall–Kier alpha value is -1.81. The van der Waals surface area contributed by atoms with Crippen molar-refractivity contribution in [1.29, 1.82) is 0 Å². The topological polar surface area (TPSA) is 47.3 Å². The molecule has 0 aliphatic rings. The lowest BCUT2D eigenvalue weighted by atomic mass is 10.2. The first kappa shape index (κ1) is 10.7. The fourth-order valence-corrected chi connectivity index (χ4v) is 1.42. The van der Waals surface area contributed by atoms with Crippen molar-refractivity contribution in [2.75, 3.05) is 6.61 Å². The number of aromatic nitrogens is 2. The highest BCUT2D eigenvalue weighted by atomic mass is 16.5. The van der Waals surface area contributed by atoms with Crippen molar-refractivity contribution in [2.45, 2.75) is 13.2 Å². The van der Waals surface area contributed by atoms with Crippen LogP contribution in [0.5, 0.6) is 5.75 Å². The minimum absolute atomic E-state index is 0.0404. The lowest BCUT2D eigenvalue weighted by molar-refractivity contribution is 0.277. The number of benzene rings is 1. The molecule has 0 fully saturated rings. The van der Waals surface area contributed by atoms with Gasteiger partial charge >= 0.3 is 0 Å². The summed E-state index contributed by atoms with van der Waals surface area (Å²) < 4.78 is 7.52. The SMILES string of the molecule is OCc1cccc(OCCn2ccnc2)c1. The van der Waals surface area contributed by atoms with E-state index in [2.05, 4.69) is 4.98 Å². The van der Waals surface area contributed by atoms with Crippen molar-refractivity contribution >= 4 is 0 Å². The summed E-state index contributed by atoms with van der Waals surface area (Å²) in [4.78, 5) is 3.95. The zero-order chi connectivity index (χ0) is 11.2. The Bertz CT molecular complexity index is 426. The molecule has 1 aromatic heterocycles. The van der Waals surface area contributed by atoms with Gasteiger partial charge in [-0.2, -0.15) is 0 Å². The number of hydrogen-bond acceptors (Lipinski definition) is 3. The van der Waals surface area contributed by atoms with Crippen LogP contribution in [0.15, 0.2) is 43.0 Å². The van der Waals surface area contributed by atoms with E-state index >= 15 is 0 Å². The Morgan fingerprint density at radius 3 is 3.06 bits per heavy atom. The minimum atomic E-state index is 0.0404. The predicted molar refractivity (Wildman–Crippen MR) is 60.1 cm³/mol. The first-order valence-corrected chi connectivity index (χ1v) is 5.17. The molecule has 1 N–H and O–H groups in total. The molecule has 2 rings (SSSR count). The molecule has 1 heterocycles. The Kier molecular flexibility index (Phi) is 3.56. The van der Waals surface area contributed by atoms with Gasteiger partial charge < -0.3 is 14.4 Å². The highest BCUT2D eigenvalue weighted by molar-refractivity contribution is 5.27. The molecule has 0 saturated carbocycles. The summed E-state index contributed by atoms with van der Waals surface area (Å²) in [7, 11) is 0. The molecule has 2 aromatic rings. The van der Waals surface area contributed by atoms with Crippen LogP contribution >= 0.6 is 0 Å². The van der Waals surface area contributed by atoms with Crippen LogP contribution in [0.1, 0.15) is 5.56 Å². The monoisotopic (exact) mass is 218 g/mol. The Morgan fingerprint density at radius 1 is 1.38 bits per heavy atom. The van der Waals surface area contributed by atoms with Crippen molar-refractivity contribution in [2.24, 2.45) is 0 Å². The van der Waals surface area contributed by atoms with Gasteiger partial charge in [-0.1, -0.05) is 12.1 Å². The van der Waals surface area contributed by atoms with Crippen LogP contribution in [-0.4, -0.2) is 21.3 Å². The van der Waals surface area contributed by atoms with Gasteiger partial charge in [-0.25, -0.2) is 4.98 Å². The Balaban J connectivity index is 1.85. The summed E-state index contributed by atoms with van der Waals surface area (Å²) >= 11 is 0. The molecule has 84 valence electrons. The second kappa shape index (κ2) is 5.32. The van der Waals surface area contributed by atoms with Crippen molar-refractivity contribution in [3.05, 3.63) is 48.5 Å². The quantitative estimate of drug-likeness (QED) is 0.826. The van der Waals surface area contributed by atoms with Gasteiger partial charge in [0.15, 0.2) is 0 Å². The number of imidazole rings is 1. The van der Waals surface area contributed by atoms with Crippen LogP contribution in [0, 0.1) is 0 Å². The molecule has 16 heavy (non-hydrogen) atoms. The lowest BCUT2D eigenvalue weighted by Gasteiger charge is -2.07. The Labute approximate surface area is 94.1 Å². The maximum atomic E-state index is 8.97. The highest BCUT2D eigenvalue weighted by Gasteiger charge is 1.96. The van der Waals surface area contributed by atoms with Gasteiger partial charge in [-0.15, -0.1) is 0 Å². The van der Waals surface area contributed by atoms with Gasteiger partial charge in [0.2, 0.25) is 0 Å². The van der Waals surface area contributed by atoms with Gasteiger partial charge in [0, 0.05) is 12.4 Å². The van der Waals surface area contributed by atoms with Gasteiger partial charge in [0.1, 0.15) is 12.4 Å². The molecule has 1 aromatic carbocycles. The molecule has 0 atom stereocenters. The number of rotatable bonds is 5. The van der Waals surface area contributed by atoms with Gasteiger partial charge in [0.05, 0.1) is 19.5 Å². The van der Waals surface area contributed by atoms with E-state index < -0.39 is 0 Å². The standard InChI is InChI=1S/C12H14N2O2/c15-9-11-2-1-3-12(8-11)16-7-6-14-5-4-13-10-14/h1-5,8,10,15H,6-7,9H2. The highest BCUT2D eigenvalue weighted by Crippen LogP contribution is 2.13. The number of aliphatic hydroxyl groups is 1. The minimum Gasteiger partial charge on any atom is -0.492 e. The average Bonchev–Trinajstić information content (AvgIpc) is 2.82. The summed E-state index contributed by atoms with van der Waals surface area (Å²) in [6.07, 6.45) is 5.40.